The smallest absolute Gasteiger partial charge is 0.361 e. The van der Waals surface area contributed by atoms with Crippen LogP contribution in [0, 0.1) is 0 Å². The maximum atomic E-state index is 10.2. The van der Waals surface area contributed by atoms with E-state index in [2.05, 4.69) is 10.3 Å². The lowest BCUT2D eigenvalue weighted by molar-refractivity contribution is -0.144. The van der Waals surface area contributed by atoms with Crippen molar-refractivity contribution in [3.8, 4) is 0 Å². The van der Waals surface area contributed by atoms with E-state index in [-0.39, 0.29) is 9.92 Å². The molecular formula is C2H2N2O3Si. The van der Waals surface area contributed by atoms with Gasteiger partial charge in [-0.1, -0.05) is 0 Å². The SMILES string of the molecule is NC(=O)C(=O)N1O[Si]1. The number of hydroxylamine groups is 1. The fourth-order valence-corrected chi connectivity index (χ4v) is 0.520. The third-order valence-electron chi connectivity index (χ3n) is 0.578. The Kier molecular flexibility index (Phi) is 1.03. The van der Waals surface area contributed by atoms with E-state index >= 15 is 0 Å². The van der Waals surface area contributed by atoms with Gasteiger partial charge >= 0.3 is 21.7 Å². The van der Waals surface area contributed by atoms with E-state index in [1.807, 2.05) is 0 Å². The van der Waals surface area contributed by atoms with Crippen LogP contribution in [0.2, 0.25) is 0 Å². The number of rotatable bonds is 0. The van der Waals surface area contributed by atoms with Crippen molar-refractivity contribution >= 4 is 21.7 Å². The van der Waals surface area contributed by atoms with Gasteiger partial charge < -0.3 is 5.73 Å². The predicted molar refractivity (Wildman–Crippen MR) is 22.9 cm³/mol. The standard InChI is InChI=1S/C2H2N2O3Si/c3-1(5)2(6)4-7-8-4/h(H2,3,5). The second-order valence-corrected chi connectivity index (χ2v) is 1.92. The second-order valence-electron chi connectivity index (χ2n) is 1.15. The molecule has 1 aliphatic rings. The highest BCUT2D eigenvalue weighted by Gasteiger charge is 2.33. The van der Waals surface area contributed by atoms with Crippen molar-refractivity contribution < 1.29 is 14.1 Å². The second kappa shape index (κ2) is 1.56. The van der Waals surface area contributed by atoms with Crippen LogP contribution in [0.4, 0.5) is 0 Å². The molecule has 0 aromatic heterocycles. The average Bonchev–Trinajstić information content (AvgIpc) is 2.43. The van der Waals surface area contributed by atoms with Gasteiger partial charge in [-0.25, -0.2) is 4.73 Å². The summed E-state index contributed by atoms with van der Waals surface area (Å²) in [5.74, 6) is -1.75. The number of primary amides is 1. The number of carbonyl (C=O) groups excluding carboxylic acids is 2. The minimum atomic E-state index is -0.977. The van der Waals surface area contributed by atoms with Gasteiger partial charge in [-0.15, -0.1) is 0 Å². The van der Waals surface area contributed by atoms with Crippen LogP contribution in [-0.2, 0) is 14.1 Å². The van der Waals surface area contributed by atoms with Gasteiger partial charge in [0.1, 0.15) is 0 Å². The topological polar surface area (TPSA) is 75.7 Å². The first-order valence-electron chi connectivity index (χ1n) is 1.78. The number of hydrogen-bond acceptors (Lipinski definition) is 3. The Bertz CT molecular complexity index is 142. The number of hydrogen-bond donors (Lipinski definition) is 1. The Balaban J connectivity index is 2.45. The van der Waals surface area contributed by atoms with Crippen molar-refractivity contribution in [3.63, 3.8) is 0 Å². The van der Waals surface area contributed by atoms with Gasteiger partial charge in [0.25, 0.3) is 0 Å². The van der Waals surface area contributed by atoms with E-state index in [0.717, 1.165) is 4.73 Å². The summed E-state index contributed by atoms with van der Waals surface area (Å²) in [6.07, 6.45) is 0. The lowest BCUT2D eigenvalue weighted by atomic mass is 10.6. The minimum absolute atomic E-state index is 0.0195. The zero-order valence-electron chi connectivity index (χ0n) is 3.75. The Morgan fingerprint density at radius 3 is 2.25 bits per heavy atom. The molecule has 0 aromatic carbocycles. The van der Waals surface area contributed by atoms with Gasteiger partial charge in [-0.3, -0.25) is 14.1 Å². The molecule has 1 fully saturated rings. The van der Waals surface area contributed by atoms with Gasteiger partial charge in [0.05, 0.1) is 0 Å². The van der Waals surface area contributed by atoms with Crippen LogP contribution in [-0.4, -0.2) is 26.5 Å². The van der Waals surface area contributed by atoms with E-state index in [9.17, 15) is 9.59 Å². The van der Waals surface area contributed by atoms with Gasteiger partial charge in [0.15, 0.2) is 0 Å². The first-order valence-corrected chi connectivity index (χ1v) is 2.64. The zero-order valence-corrected chi connectivity index (χ0v) is 4.75. The predicted octanol–water partition coefficient (Wildman–Crippen LogP) is -2.22. The molecule has 0 saturated carbocycles. The van der Waals surface area contributed by atoms with Crippen molar-refractivity contribution in [2.24, 2.45) is 5.73 Å². The molecule has 2 amide bonds. The van der Waals surface area contributed by atoms with Gasteiger partial charge in [0, 0.05) is 0 Å². The fraction of sp³-hybridized carbons (Fsp3) is 0. The molecule has 1 aliphatic heterocycles. The van der Waals surface area contributed by atoms with Crippen molar-refractivity contribution in [1.29, 1.82) is 0 Å². The van der Waals surface area contributed by atoms with Gasteiger partial charge in [-0.05, 0) is 0 Å². The van der Waals surface area contributed by atoms with Crippen LogP contribution >= 0.6 is 0 Å². The molecule has 0 aromatic rings. The molecule has 0 spiro atoms. The van der Waals surface area contributed by atoms with Crippen molar-refractivity contribution in [2.45, 2.75) is 0 Å². The molecular weight excluding hydrogens is 128 g/mol. The van der Waals surface area contributed by atoms with E-state index in [1.54, 1.807) is 0 Å². The summed E-state index contributed by atoms with van der Waals surface area (Å²) >= 11 is 0. The molecule has 5 nitrogen and oxygen atoms in total. The molecule has 0 aliphatic carbocycles. The monoisotopic (exact) mass is 130 g/mol. The van der Waals surface area contributed by atoms with Gasteiger partial charge in [-0.2, -0.15) is 0 Å². The third-order valence-corrected chi connectivity index (χ3v) is 1.15. The zero-order chi connectivity index (χ0) is 6.15. The van der Waals surface area contributed by atoms with E-state index in [1.165, 1.54) is 0 Å². The molecule has 2 N–H and O–H groups in total. The molecule has 1 rings (SSSR count). The molecule has 6 heteroatoms. The van der Waals surface area contributed by atoms with E-state index in [0.29, 0.717) is 0 Å². The van der Waals surface area contributed by atoms with Crippen LogP contribution in [0.5, 0.6) is 0 Å². The Morgan fingerprint density at radius 1 is 1.62 bits per heavy atom. The Hall–Kier alpha value is -0.883. The molecule has 0 unspecified atom stereocenters. The summed E-state index contributed by atoms with van der Waals surface area (Å²) in [4.78, 5) is 20.2. The van der Waals surface area contributed by atoms with E-state index in [4.69, 9.17) is 0 Å². The third kappa shape index (κ3) is 0.847. The molecule has 1 heterocycles. The summed E-state index contributed by atoms with van der Waals surface area (Å²) in [7, 11) is -0.0195. The molecule has 8 heavy (non-hydrogen) atoms. The summed E-state index contributed by atoms with van der Waals surface area (Å²) in [5, 5.41) is 0. The van der Waals surface area contributed by atoms with Crippen molar-refractivity contribution in [3.05, 3.63) is 0 Å². The Morgan fingerprint density at radius 2 is 2.12 bits per heavy atom. The summed E-state index contributed by atoms with van der Waals surface area (Å²) in [5.41, 5.74) is 4.57. The van der Waals surface area contributed by atoms with Crippen molar-refractivity contribution in [1.82, 2.24) is 4.73 Å². The molecule has 0 bridgehead atoms. The average molecular weight is 130 g/mol. The van der Waals surface area contributed by atoms with Crippen LogP contribution in [0.3, 0.4) is 0 Å². The lowest BCUT2D eigenvalue weighted by Gasteiger charge is -1.87. The lowest BCUT2D eigenvalue weighted by Crippen LogP contribution is -2.29. The van der Waals surface area contributed by atoms with Crippen LogP contribution < -0.4 is 5.73 Å². The fourth-order valence-electron chi connectivity index (χ4n) is 0.203. The quantitative estimate of drug-likeness (QED) is 0.229. The largest absolute Gasteiger partial charge is 0.442 e. The normalized spacial score (nSPS) is 15.8. The van der Waals surface area contributed by atoms with Crippen molar-refractivity contribution in [2.75, 3.05) is 0 Å². The summed E-state index contributed by atoms with van der Waals surface area (Å²) in [6, 6.07) is 0. The maximum absolute atomic E-state index is 10.2. The maximum Gasteiger partial charge on any atom is 0.442 e. The molecule has 0 atom stereocenters. The molecule has 2 radical (unpaired) electrons. The summed E-state index contributed by atoms with van der Waals surface area (Å²) < 4.78 is 5.25. The first-order chi connectivity index (χ1) is 3.72. The van der Waals surface area contributed by atoms with Crippen LogP contribution in [0.1, 0.15) is 0 Å². The number of nitrogens with zero attached hydrogens (tertiary/aromatic N) is 1. The molecule has 42 valence electrons. The Labute approximate surface area is 47.4 Å². The van der Waals surface area contributed by atoms with Crippen LogP contribution in [0.15, 0.2) is 0 Å². The number of amides is 2. The summed E-state index contributed by atoms with van der Waals surface area (Å²) in [6.45, 7) is 0. The highest BCUT2D eigenvalue weighted by atomic mass is 28.3. The number of carbonyl (C=O) groups is 2. The van der Waals surface area contributed by atoms with Crippen LogP contribution in [0.25, 0.3) is 0 Å². The first kappa shape index (κ1) is 5.26. The number of nitrogens with two attached hydrogens (primary N) is 1. The highest BCUT2D eigenvalue weighted by molar-refractivity contribution is 6.48. The van der Waals surface area contributed by atoms with E-state index < -0.39 is 11.8 Å². The molecule has 1 saturated heterocycles. The minimum Gasteiger partial charge on any atom is -0.361 e. The van der Waals surface area contributed by atoms with Gasteiger partial charge in [0.2, 0.25) is 0 Å². The highest BCUT2D eigenvalue weighted by Crippen LogP contribution is 2.01.